The maximum atomic E-state index is 12.9. The third kappa shape index (κ3) is 5.82. The van der Waals surface area contributed by atoms with E-state index in [4.69, 9.17) is 30.2 Å². The standard InChI is InChI=1S/C20H17ClF3N3O5S/c1-29-14-6-10(7-15(30-2)17(14)31-3)18-26-27-19(32-18)33-9-16(28)25-13-8-11(20(22,23)24)4-5-12(13)21/h4-8H,9H2,1-3H3,(H,25,28). The number of amides is 1. The van der Waals surface area contributed by atoms with Crippen molar-refractivity contribution >= 4 is 35.0 Å². The van der Waals surface area contributed by atoms with Crippen LogP contribution in [-0.2, 0) is 11.0 Å². The lowest BCUT2D eigenvalue weighted by Gasteiger charge is -2.12. The molecule has 3 aromatic rings. The minimum atomic E-state index is -4.56. The molecule has 2 aromatic carbocycles. The van der Waals surface area contributed by atoms with Gasteiger partial charge in [0.15, 0.2) is 11.5 Å². The molecule has 176 valence electrons. The number of halogens is 4. The number of benzene rings is 2. The Balaban J connectivity index is 1.69. The second-order valence-corrected chi connectivity index (χ2v) is 7.65. The Hall–Kier alpha value is -3.12. The van der Waals surface area contributed by atoms with Crippen molar-refractivity contribution < 1.29 is 36.6 Å². The molecule has 0 bridgehead atoms. The van der Waals surface area contributed by atoms with E-state index in [0.717, 1.165) is 30.0 Å². The maximum absolute atomic E-state index is 12.9. The van der Waals surface area contributed by atoms with Crippen molar-refractivity contribution in [2.45, 2.75) is 11.4 Å². The van der Waals surface area contributed by atoms with Gasteiger partial charge in [-0.3, -0.25) is 4.79 Å². The maximum Gasteiger partial charge on any atom is 0.416 e. The van der Waals surface area contributed by atoms with Gasteiger partial charge in [0, 0.05) is 5.56 Å². The summed E-state index contributed by atoms with van der Waals surface area (Å²) in [4.78, 5) is 12.2. The highest BCUT2D eigenvalue weighted by atomic mass is 35.5. The van der Waals surface area contributed by atoms with E-state index in [9.17, 15) is 18.0 Å². The first kappa shape index (κ1) is 24.5. The summed E-state index contributed by atoms with van der Waals surface area (Å²) < 4.78 is 60.0. The summed E-state index contributed by atoms with van der Waals surface area (Å²) in [5.74, 6) is 0.492. The SMILES string of the molecule is COc1cc(-c2nnc(SCC(=O)Nc3cc(C(F)(F)F)ccc3Cl)o2)cc(OC)c1OC. The molecule has 0 saturated heterocycles. The van der Waals surface area contributed by atoms with Gasteiger partial charge >= 0.3 is 6.18 Å². The lowest BCUT2D eigenvalue weighted by atomic mass is 10.2. The molecular weight excluding hydrogens is 487 g/mol. The summed E-state index contributed by atoms with van der Waals surface area (Å²) >= 11 is 6.79. The van der Waals surface area contributed by atoms with Crippen molar-refractivity contribution in [1.82, 2.24) is 10.2 Å². The van der Waals surface area contributed by atoms with Crippen LogP contribution in [0.1, 0.15) is 5.56 Å². The molecule has 0 spiro atoms. The normalized spacial score (nSPS) is 11.2. The second kappa shape index (κ2) is 10.2. The zero-order valence-corrected chi connectivity index (χ0v) is 19.0. The summed E-state index contributed by atoms with van der Waals surface area (Å²) in [7, 11) is 4.40. The van der Waals surface area contributed by atoms with Crippen LogP contribution in [0.4, 0.5) is 18.9 Å². The smallest absolute Gasteiger partial charge is 0.416 e. The van der Waals surface area contributed by atoms with Gasteiger partial charge in [-0.05, 0) is 30.3 Å². The number of nitrogens with one attached hydrogen (secondary N) is 1. The van der Waals surface area contributed by atoms with Crippen molar-refractivity contribution in [3.05, 3.63) is 40.9 Å². The summed E-state index contributed by atoms with van der Waals surface area (Å²) in [6.45, 7) is 0. The molecule has 8 nitrogen and oxygen atoms in total. The molecule has 1 N–H and O–H groups in total. The molecule has 0 aliphatic rings. The highest BCUT2D eigenvalue weighted by Crippen LogP contribution is 2.41. The minimum Gasteiger partial charge on any atom is -0.493 e. The number of aromatic nitrogens is 2. The van der Waals surface area contributed by atoms with Crippen LogP contribution in [0, 0.1) is 0 Å². The number of anilines is 1. The zero-order valence-electron chi connectivity index (χ0n) is 17.4. The van der Waals surface area contributed by atoms with E-state index in [2.05, 4.69) is 15.5 Å². The molecule has 0 atom stereocenters. The van der Waals surface area contributed by atoms with E-state index in [-0.39, 0.29) is 27.6 Å². The molecule has 0 aliphatic heterocycles. The Bertz CT molecular complexity index is 1130. The molecule has 0 fully saturated rings. The number of alkyl halides is 3. The fourth-order valence-electron chi connectivity index (χ4n) is 2.70. The van der Waals surface area contributed by atoms with Crippen LogP contribution in [0.15, 0.2) is 40.0 Å². The number of hydrogen-bond acceptors (Lipinski definition) is 8. The quantitative estimate of drug-likeness (QED) is 0.421. The summed E-state index contributed by atoms with van der Waals surface area (Å²) in [6, 6.07) is 5.89. The van der Waals surface area contributed by atoms with Gasteiger partial charge in [-0.2, -0.15) is 13.2 Å². The molecule has 0 saturated carbocycles. The Labute approximate surface area is 195 Å². The Morgan fingerprint density at radius 2 is 1.76 bits per heavy atom. The van der Waals surface area contributed by atoms with Gasteiger partial charge in [0.2, 0.25) is 17.5 Å². The number of nitrogens with zero attached hydrogens (tertiary/aromatic N) is 2. The van der Waals surface area contributed by atoms with Gasteiger partial charge in [0.05, 0.1) is 43.4 Å². The first-order valence-corrected chi connectivity index (χ1v) is 10.5. The molecule has 0 radical (unpaired) electrons. The van der Waals surface area contributed by atoms with Crippen molar-refractivity contribution in [2.24, 2.45) is 0 Å². The second-order valence-electron chi connectivity index (χ2n) is 6.32. The fourth-order valence-corrected chi connectivity index (χ4v) is 3.43. The van der Waals surface area contributed by atoms with Gasteiger partial charge in [-0.15, -0.1) is 10.2 Å². The molecule has 1 amide bonds. The van der Waals surface area contributed by atoms with Gasteiger partial charge in [-0.25, -0.2) is 0 Å². The predicted octanol–water partition coefficient (Wildman–Crippen LogP) is 5.17. The predicted molar refractivity (Wildman–Crippen MR) is 115 cm³/mol. The lowest BCUT2D eigenvalue weighted by Crippen LogP contribution is -2.15. The van der Waals surface area contributed by atoms with Gasteiger partial charge in [-0.1, -0.05) is 23.4 Å². The van der Waals surface area contributed by atoms with Crippen molar-refractivity contribution in [1.29, 1.82) is 0 Å². The summed E-state index contributed by atoms with van der Waals surface area (Å²) in [5, 5.41) is 10.2. The van der Waals surface area contributed by atoms with Gasteiger partial charge < -0.3 is 23.9 Å². The van der Waals surface area contributed by atoms with E-state index in [1.54, 1.807) is 12.1 Å². The van der Waals surface area contributed by atoms with Crippen LogP contribution in [-0.4, -0.2) is 43.2 Å². The van der Waals surface area contributed by atoms with Crippen LogP contribution < -0.4 is 19.5 Å². The topological polar surface area (TPSA) is 95.7 Å². The van der Waals surface area contributed by atoms with E-state index in [0.29, 0.717) is 22.8 Å². The summed E-state index contributed by atoms with van der Waals surface area (Å²) in [5.41, 5.74) is -0.591. The largest absolute Gasteiger partial charge is 0.493 e. The molecule has 1 heterocycles. The van der Waals surface area contributed by atoms with E-state index in [1.807, 2.05) is 0 Å². The fraction of sp³-hybridized carbons (Fsp3) is 0.250. The van der Waals surface area contributed by atoms with E-state index >= 15 is 0 Å². The van der Waals surface area contributed by atoms with Crippen molar-refractivity contribution in [2.75, 3.05) is 32.4 Å². The Morgan fingerprint density at radius 1 is 1.09 bits per heavy atom. The van der Waals surface area contributed by atoms with Crippen molar-refractivity contribution in [3.8, 4) is 28.7 Å². The number of carbonyl (C=O) groups is 1. The number of ether oxygens (including phenoxy) is 3. The molecule has 0 aliphatic carbocycles. The third-order valence-electron chi connectivity index (χ3n) is 4.21. The molecule has 0 unspecified atom stereocenters. The Morgan fingerprint density at radius 3 is 2.33 bits per heavy atom. The van der Waals surface area contributed by atoms with E-state index < -0.39 is 17.6 Å². The molecule has 1 aromatic heterocycles. The van der Waals surface area contributed by atoms with Crippen molar-refractivity contribution in [3.63, 3.8) is 0 Å². The highest BCUT2D eigenvalue weighted by Gasteiger charge is 2.31. The van der Waals surface area contributed by atoms with Gasteiger partial charge in [0.1, 0.15) is 0 Å². The molecule has 13 heteroatoms. The number of thioether (sulfide) groups is 1. The first-order chi connectivity index (χ1) is 15.7. The van der Waals surface area contributed by atoms with Crippen LogP contribution in [0.3, 0.4) is 0 Å². The van der Waals surface area contributed by atoms with Crippen LogP contribution in [0.5, 0.6) is 17.2 Å². The van der Waals surface area contributed by atoms with Gasteiger partial charge in [0.25, 0.3) is 5.22 Å². The average molecular weight is 504 g/mol. The minimum absolute atomic E-state index is 0.0242. The van der Waals surface area contributed by atoms with E-state index in [1.165, 1.54) is 21.3 Å². The number of hydrogen-bond donors (Lipinski definition) is 1. The van der Waals surface area contributed by atoms with Crippen LogP contribution >= 0.6 is 23.4 Å². The molecule has 3 rings (SSSR count). The monoisotopic (exact) mass is 503 g/mol. The molecule has 33 heavy (non-hydrogen) atoms. The first-order valence-electron chi connectivity index (χ1n) is 9.09. The third-order valence-corrected chi connectivity index (χ3v) is 5.36. The van der Waals surface area contributed by atoms with Crippen LogP contribution in [0.25, 0.3) is 11.5 Å². The Kier molecular flexibility index (Phi) is 7.59. The highest BCUT2D eigenvalue weighted by molar-refractivity contribution is 7.99. The van der Waals surface area contributed by atoms with Crippen LogP contribution in [0.2, 0.25) is 5.02 Å². The summed E-state index contributed by atoms with van der Waals surface area (Å²) in [6.07, 6.45) is -4.56. The number of rotatable bonds is 8. The lowest BCUT2D eigenvalue weighted by molar-refractivity contribution is -0.137. The number of methoxy groups -OCH3 is 3. The molecular formula is C20H17ClF3N3O5S. The number of carbonyl (C=O) groups excluding carboxylic acids is 1. The average Bonchev–Trinajstić information content (AvgIpc) is 3.26. The zero-order chi connectivity index (χ0) is 24.2.